The van der Waals surface area contributed by atoms with E-state index in [0.29, 0.717) is 23.1 Å². The summed E-state index contributed by atoms with van der Waals surface area (Å²) in [4.78, 5) is 22.8. The number of nitrogens with zero attached hydrogens (tertiary/aromatic N) is 2. The minimum atomic E-state index is -0.764. The third-order valence-corrected chi connectivity index (χ3v) is 7.89. The van der Waals surface area contributed by atoms with Crippen LogP contribution in [0.3, 0.4) is 0 Å². The summed E-state index contributed by atoms with van der Waals surface area (Å²) >= 11 is 1.36. The average Bonchev–Trinajstić information content (AvgIpc) is 2.98. The predicted molar refractivity (Wildman–Crippen MR) is 111 cm³/mol. The smallest absolute Gasteiger partial charge is 0.348 e. The summed E-state index contributed by atoms with van der Waals surface area (Å²) < 4.78 is 17.4. The van der Waals surface area contributed by atoms with Gasteiger partial charge in [-0.15, -0.1) is 11.3 Å². The van der Waals surface area contributed by atoms with E-state index in [-0.39, 0.29) is 17.3 Å². The number of esters is 1. The van der Waals surface area contributed by atoms with Crippen LogP contribution in [0.1, 0.15) is 60.6 Å². The first-order chi connectivity index (χ1) is 12.9. The second kappa shape index (κ2) is 8.65. The van der Waals surface area contributed by atoms with E-state index in [4.69, 9.17) is 4.74 Å². The monoisotopic (exact) mass is 409 g/mol. The Labute approximate surface area is 166 Å². The number of thiophene rings is 1. The van der Waals surface area contributed by atoms with Crippen molar-refractivity contribution in [1.82, 2.24) is 9.97 Å². The van der Waals surface area contributed by atoms with Crippen molar-refractivity contribution >= 4 is 44.1 Å². The van der Waals surface area contributed by atoms with Gasteiger partial charge < -0.3 is 10.1 Å². The van der Waals surface area contributed by atoms with E-state index in [1.54, 1.807) is 6.92 Å². The number of hydrogen-bond acceptors (Lipinski definition) is 7. The van der Waals surface area contributed by atoms with Crippen LogP contribution in [0.15, 0.2) is 0 Å². The molecule has 0 aromatic carbocycles. The molecule has 0 aliphatic heterocycles. The number of nitrogens with one attached hydrogen (secondary N) is 1. The van der Waals surface area contributed by atoms with Crippen LogP contribution in [0.25, 0.3) is 10.2 Å². The molecular weight excluding hydrogens is 382 g/mol. The van der Waals surface area contributed by atoms with Crippen molar-refractivity contribution in [3.8, 4) is 0 Å². The molecule has 0 spiro atoms. The summed E-state index contributed by atoms with van der Waals surface area (Å²) in [5, 5.41) is 4.71. The molecule has 1 saturated carbocycles. The van der Waals surface area contributed by atoms with Gasteiger partial charge in [0, 0.05) is 27.8 Å². The van der Waals surface area contributed by atoms with E-state index in [9.17, 15) is 9.00 Å². The van der Waals surface area contributed by atoms with Gasteiger partial charge in [0.2, 0.25) is 0 Å². The van der Waals surface area contributed by atoms with Gasteiger partial charge in [0.05, 0.1) is 12.0 Å². The van der Waals surface area contributed by atoms with Crippen LogP contribution in [-0.4, -0.2) is 43.8 Å². The Hall–Kier alpha value is -1.54. The number of aromatic nitrogens is 2. The van der Waals surface area contributed by atoms with Gasteiger partial charge in [0.1, 0.15) is 21.3 Å². The van der Waals surface area contributed by atoms with Crippen LogP contribution in [0.4, 0.5) is 5.82 Å². The molecule has 27 heavy (non-hydrogen) atoms. The van der Waals surface area contributed by atoms with Gasteiger partial charge in [-0.25, -0.2) is 14.8 Å². The van der Waals surface area contributed by atoms with Crippen molar-refractivity contribution in [3.63, 3.8) is 0 Å². The fourth-order valence-corrected chi connectivity index (χ4v) is 6.15. The lowest BCUT2D eigenvalue weighted by Gasteiger charge is -2.29. The highest BCUT2D eigenvalue weighted by Crippen LogP contribution is 2.35. The SMILES string of the molecule is CCOC(=O)c1sc2nc(C)nc(NC3CCCC(S(=O)CC)C3)c2c1C. The van der Waals surface area contributed by atoms with E-state index >= 15 is 0 Å². The van der Waals surface area contributed by atoms with Crippen LogP contribution in [0, 0.1) is 13.8 Å². The zero-order chi connectivity index (χ0) is 19.6. The van der Waals surface area contributed by atoms with E-state index in [2.05, 4.69) is 15.3 Å². The van der Waals surface area contributed by atoms with E-state index in [1.165, 1.54) is 11.3 Å². The summed E-state index contributed by atoms with van der Waals surface area (Å²) in [6.07, 6.45) is 4.02. The lowest BCUT2D eigenvalue weighted by Crippen LogP contribution is -2.33. The Morgan fingerprint density at radius 1 is 1.30 bits per heavy atom. The topological polar surface area (TPSA) is 81.2 Å². The minimum absolute atomic E-state index is 0.238. The number of anilines is 1. The molecule has 2 aromatic rings. The highest BCUT2D eigenvalue weighted by molar-refractivity contribution is 7.85. The van der Waals surface area contributed by atoms with Gasteiger partial charge >= 0.3 is 5.97 Å². The molecule has 2 heterocycles. The zero-order valence-electron chi connectivity index (χ0n) is 16.3. The predicted octanol–water partition coefficient (Wildman–Crippen LogP) is 3.98. The minimum Gasteiger partial charge on any atom is -0.462 e. The lowest BCUT2D eigenvalue weighted by atomic mass is 9.95. The molecule has 1 aliphatic carbocycles. The van der Waals surface area contributed by atoms with Crippen molar-refractivity contribution in [2.75, 3.05) is 17.7 Å². The molecule has 6 nitrogen and oxygen atoms in total. The summed E-state index contributed by atoms with van der Waals surface area (Å²) in [5.74, 6) is 1.85. The number of carbonyl (C=O) groups is 1. The maximum absolute atomic E-state index is 12.3. The van der Waals surface area contributed by atoms with Crippen LogP contribution in [0.5, 0.6) is 0 Å². The summed E-state index contributed by atoms with van der Waals surface area (Å²) in [5.41, 5.74) is 0.862. The molecule has 3 atom stereocenters. The second-order valence-electron chi connectivity index (χ2n) is 6.88. The Morgan fingerprint density at radius 3 is 2.78 bits per heavy atom. The second-order valence-corrected chi connectivity index (χ2v) is 9.88. The molecule has 1 fully saturated rings. The number of fused-ring (bicyclic) bond motifs is 1. The highest BCUT2D eigenvalue weighted by atomic mass is 32.2. The lowest BCUT2D eigenvalue weighted by molar-refractivity contribution is 0.0531. The molecule has 1 aliphatic rings. The zero-order valence-corrected chi connectivity index (χ0v) is 18.0. The molecule has 2 aromatic heterocycles. The van der Waals surface area contributed by atoms with Crippen LogP contribution in [0.2, 0.25) is 0 Å². The Balaban J connectivity index is 1.92. The maximum atomic E-state index is 12.3. The van der Waals surface area contributed by atoms with Gasteiger partial charge in [-0.1, -0.05) is 13.3 Å². The number of aryl methyl sites for hydroxylation is 2. The molecular formula is C19H27N3O3S2. The molecule has 0 amide bonds. The van der Waals surface area contributed by atoms with Crippen molar-refractivity contribution < 1.29 is 13.7 Å². The van der Waals surface area contributed by atoms with Crippen LogP contribution >= 0.6 is 11.3 Å². The maximum Gasteiger partial charge on any atom is 0.348 e. The third-order valence-electron chi connectivity index (χ3n) is 4.99. The van der Waals surface area contributed by atoms with E-state index < -0.39 is 10.8 Å². The quantitative estimate of drug-likeness (QED) is 0.727. The fraction of sp³-hybridized carbons (Fsp3) is 0.632. The van der Waals surface area contributed by atoms with Crippen LogP contribution in [-0.2, 0) is 15.5 Å². The number of carbonyl (C=O) groups excluding carboxylic acids is 1. The molecule has 3 rings (SSSR count). The van der Waals surface area contributed by atoms with E-state index in [0.717, 1.165) is 47.3 Å². The fourth-order valence-electron chi connectivity index (χ4n) is 3.69. The first-order valence-electron chi connectivity index (χ1n) is 9.53. The van der Waals surface area contributed by atoms with Crippen LogP contribution < -0.4 is 5.32 Å². The normalized spacial score (nSPS) is 21.2. The van der Waals surface area contributed by atoms with Crippen molar-refractivity contribution in [3.05, 3.63) is 16.3 Å². The Kier molecular flexibility index (Phi) is 6.47. The molecule has 0 saturated heterocycles. The largest absolute Gasteiger partial charge is 0.462 e. The molecule has 148 valence electrons. The first-order valence-corrected chi connectivity index (χ1v) is 11.7. The number of hydrogen-bond donors (Lipinski definition) is 1. The first kappa shape index (κ1) is 20.2. The average molecular weight is 410 g/mol. The highest BCUT2D eigenvalue weighted by Gasteiger charge is 2.27. The number of ether oxygens (including phenoxy) is 1. The van der Waals surface area contributed by atoms with Gasteiger partial charge in [0.25, 0.3) is 0 Å². The van der Waals surface area contributed by atoms with Gasteiger partial charge in [-0.05, 0) is 45.6 Å². The third kappa shape index (κ3) is 4.32. The van der Waals surface area contributed by atoms with Crippen molar-refractivity contribution in [2.45, 2.75) is 64.7 Å². The van der Waals surface area contributed by atoms with Gasteiger partial charge in [0.15, 0.2) is 0 Å². The summed E-state index contributed by atoms with van der Waals surface area (Å²) in [7, 11) is -0.764. The Morgan fingerprint density at radius 2 is 2.07 bits per heavy atom. The molecule has 1 N–H and O–H groups in total. The van der Waals surface area contributed by atoms with E-state index in [1.807, 2.05) is 20.8 Å². The molecule has 8 heteroatoms. The summed E-state index contributed by atoms with van der Waals surface area (Å²) in [6.45, 7) is 7.91. The van der Waals surface area contributed by atoms with Crippen molar-refractivity contribution in [2.24, 2.45) is 0 Å². The molecule has 3 unspecified atom stereocenters. The standard InChI is InChI=1S/C19H27N3O3S2/c1-5-25-19(23)16-11(3)15-17(20-12(4)21-18(15)26-16)22-13-8-7-9-14(10-13)27(24)6-2/h13-14H,5-10H2,1-4H3,(H,20,21,22). The van der Waals surface area contributed by atoms with Gasteiger partial charge in [-0.3, -0.25) is 4.21 Å². The molecule has 0 radical (unpaired) electrons. The van der Waals surface area contributed by atoms with Crippen molar-refractivity contribution in [1.29, 1.82) is 0 Å². The van der Waals surface area contributed by atoms with Gasteiger partial charge in [-0.2, -0.15) is 0 Å². The number of rotatable bonds is 6. The Bertz CT molecular complexity index is 865. The summed E-state index contributed by atoms with van der Waals surface area (Å²) in [6, 6.07) is 0.238. The molecule has 0 bridgehead atoms.